The summed E-state index contributed by atoms with van der Waals surface area (Å²) in [5.74, 6) is 3.16. The van der Waals surface area contributed by atoms with Crippen LogP contribution in [0.3, 0.4) is 0 Å². The topological polar surface area (TPSA) is 60.5 Å². The number of carbonyl (C=O) groups excluding carboxylic acids is 1. The van der Waals surface area contributed by atoms with Gasteiger partial charge in [0.15, 0.2) is 23.0 Å². The molecule has 0 spiro atoms. The molecule has 0 N–H and O–H groups in total. The highest BCUT2D eigenvalue weighted by Crippen LogP contribution is 2.33. The number of fused-ring (bicyclic) bond motifs is 2. The number of hydrogen-bond donors (Lipinski definition) is 0. The third-order valence-electron chi connectivity index (χ3n) is 5.72. The van der Waals surface area contributed by atoms with Crippen LogP contribution in [0.4, 0.5) is 0 Å². The van der Waals surface area contributed by atoms with Gasteiger partial charge in [0.05, 0.1) is 13.2 Å². The first kappa shape index (κ1) is 19.8. The van der Waals surface area contributed by atoms with Crippen molar-refractivity contribution in [1.82, 2.24) is 9.80 Å². The molecule has 0 saturated carbocycles. The summed E-state index contributed by atoms with van der Waals surface area (Å²) in [5, 5.41) is 0. The molecule has 0 atom stereocenters. The number of hydrogen-bond acceptors (Lipinski definition) is 6. The average Bonchev–Trinajstić information content (AvgIpc) is 3.14. The first-order valence-corrected chi connectivity index (χ1v) is 10.7. The van der Waals surface area contributed by atoms with E-state index in [9.17, 15) is 4.79 Å². The Kier molecular flexibility index (Phi) is 5.67. The molecule has 3 heterocycles. The van der Waals surface area contributed by atoms with Gasteiger partial charge in [0.1, 0.15) is 0 Å². The predicted molar refractivity (Wildman–Crippen MR) is 116 cm³/mol. The normalized spacial score (nSPS) is 18.3. The van der Waals surface area contributed by atoms with E-state index in [0.717, 1.165) is 67.7 Å². The quantitative estimate of drug-likeness (QED) is 0.706. The lowest BCUT2D eigenvalue weighted by molar-refractivity contribution is -0.127. The van der Waals surface area contributed by atoms with E-state index in [1.807, 2.05) is 41.3 Å². The molecule has 0 unspecified atom stereocenters. The van der Waals surface area contributed by atoms with Crippen molar-refractivity contribution in [2.45, 2.75) is 13.0 Å². The fourth-order valence-electron chi connectivity index (χ4n) is 3.98. The summed E-state index contributed by atoms with van der Waals surface area (Å²) >= 11 is 0. The van der Waals surface area contributed by atoms with E-state index in [1.54, 1.807) is 6.08 Å². The van der Waals surface area contributed by atoms with Crippen LogP contribution in [-0.4, -0.2) is 61.9 Å². The Bertz CT molecular complexity index is 982. The molecule has 162 valence electrons. The van der Waals surface area contributed by atoms with E-state index >= 15 is 0 Å². The second kappa shape index (κ2) is 8.89. The summed E-state index contributed by atoms with van der Waals surface area (Å²) in [6.45, 7) is 5.57. The van der Waals surface area contributed by atoms with Crippen molar-refractivity contribution in [2.24, 2.45) is 0 Å². The Morgan fingerprint density at radius 3 is 2.42 bits per heavy atom. The van der Waals surface area contributed by atoms with Crippen LogP contribution in [0.2, 0.25) is 0 Å². The molecule has 3 aliphatic heterocycles. The molecule has 31 heavy (non-hydrogen) atoms. The van der Waals surface area contributed by atoms with Crippen LogP contribution in [-0.2, 0) is 11.3 Å². The fourth-order valence-corrected chi connectivity index (χ4v) is 3.98. The summed E-state index contributed by atoms with van der Waals surface area (Å²) < 4.78 is 22.2. The first-order valence-electron chi connectivity index (χ1n) is 10.7. The fraction of sp³-hybridized carbons (Fsp3) is 0.375. The first-order chi connectivity index (χ1) is 15.2. The van der Waals surface area contributed by atoms with E-state index in [-0.39, 0.29) is 5.91 Å². The molecule has 2 aromatic carbocycles. The zero-order valence-corrected chi connectivity index (χ0v) is 17.4. The van der Waals surface area contributed by atoms with Gasteiger partial charge in [0, 0.05) is 45.2 Å². The molecule has 1 saturated heterocycles. The average molecular weight is 422 g/mol. The summed E-state index contributed by atoms with van der Waals surface area (Å²) in [4.78, 5) is 16.9. The number of benzene rings is 2. The van der Waals surface area contributed by atoms with E-state index in [4.69, 9.17) is 18.9 Å². The van der Waals surface area contributed by atoms with Gasteiger partial charge in [0.25, 0.3) is 0 Å². The molecule has 7 nitrogen and oxygen atoms in total. The zero-order valence-electron chi connectivity index (χ0n) is 17.4. The van der Waals surface area contributed by atoms with Crippen LogP contribution < -0.4 is 18.9 Å². The standard InChI is InChI=1S/C24H26N2O5/c27-24(7-4-18-2-5-20-22(14-18)29-13-1-12-28-20)26-10-8-25(9-11-26)16-19-3-6-21-23(15-19)31-17-30-21/h2-7,14-15H,1,8-13,16-17H2/b7-4+. The maximum absolute atomic E-state index is 12.6. The Balaban J connectivity index is 1.14. The minimum atomic E-state index is 0.0369. The molecule has 7 heteroatoms. The Morgan fingerprint density at radius 1 is 0.839 bits per heavy atom. The molecule has 0 radical (unpaired) electrons. The van der Waals surface area contributed by atoms with Crippen molar-refractivity contribution < 1.29 is 23.7 Å². The maximum Gasteiger partial charge on any atom is 0.246 e. The third kappa shape index (κ3) is 4.61. The molecule has 1 fully saturated rings. The number of nitrogens with zero attached hydrogens (tertiary/aromatic N) is 2. The number of piperazine rings is 1. The van der Waals surface area contributed by atoms with Gasteiger partial charge in [-0.25, -0.2) is 0 Å². The number of carbonyl (C=O) groups is 1. The Morgan fingerprint density at radius 2 is 1.55 bits per heavy atom. The second-order valence-corrected chi connectivity index (χ2v) is 7.88. The summed E-state index contributed by atoms with van der Waals surface area (Å²) in [6.07, 6.45) is 4.36. The summed E-state index contributed by atoms with van der Waals surface area (Å²) in [5.41, 5.74) is 2.12. The molecule has 0 aliphatic carbocycles. The van der Waals surface area contributed by atoms with E-state index in [1.165, 1.54) is 5.56 Å². The van der Waals surface area contributed by atoms with Crippen molar-refractivity contribution >= 4 is 12.0 Å². The summed E-state index contributed by atoms with van der Waals surface area (Å²) in [7, 11) is 0. The largest absolute Gasteiger partial charge is 0.490 e. The lowest BCUT2D eigenvalue weighted by Gasteiger charge is -2.34. The van der Waals surface area contributed by atoms with Gasteiger partial charge in [-0.3, -0.25) is 9.69 Å². The van der Waals surface area contributed by atoms with Gasteiger partial charge >= 0.3 is 0 Å². The Labute approximate surface area is 181 Å². The van der Waals surface area contributed by atoms with Crippen LogP contribution in [0.1, 0.15) is 17.5 Å². The van der Waals surface area contributed by atoms with E-state index < -0.39 is 0 Å². The van der Waals surface area contributed by atoms with Crippen molar-refractivity contribution in [1.29, 1.82) is 0 Å². The monoisotopic (exact) mass is 422 g/mol. The Hall–Kier alpha value is -3.19. The van der Waals surface area contributed by atoms with Crippen molar-refractivity contribution in [3.63, 3.8) is 0 Å². The predicted octanol–water partition coefficient (Wildman–Crippen LogP) is 2.93. The van der Waals surface area contributed by atoms with Crippen LogP contribution in [0.15, 0.2) is 42.5 Å². The smallest absolute Gasteiger partial charge is 0.246 e. The SMILES string of the molecule is O=C(/C=C/c1ccc2c(c1)OCCCO2)N1CCN(Cc2ccc3c(c2)OCO3)CC1. The van der Waals surface area contributed by atoms with Crippen LogP contribution in [0.5, 0.6) is 23.0 Å². The van der Waals surface area contributed by atoms with E-state index in [0.29, 0.717) is 20.0 Å². The van der Waals surface area contributed by atoms with Crippen molar-refractivity contribution in [3.8, 4) is 23.0 Å². The lowest BCUT2D eigenvalue weighted by atomic mass is 10.1. The zero-order chi connectivity index (χ0) is 21.0. The lowest BCUT2D eigenvalue weighted by Crippen LogP contribution is -2.47. The third-order valence-corrected chi connectivity index (χ3v) is 5.72. The molecule has 0 aromatic heterocycles. The van der Waals surface area contributed by atoms with Crippen LogP contribution in [0.25, 0.3) is 6.08 Å². The maximum atomic E-state index is 12.6. The minimum Gasteiger partial charge on any atom is -0.490 e. The molecule has 5 rings (SSSR count). The highest BCUT2D eigenvalue weighted by molar-refractivity contribution is 5.92. The molecule has 0 bridgehead atoms. The minimum absolute atomic E-state index is 0.0369. The van der Waals surface area contributed by atoms with E-state index in [2.05, 4.69) is 11.0 Å². The highest BCUT2D eigenvalue weighted by Gasteiger charge is 2.21. The number of ether oxygens (including phenoxy) is 4. The van der Waals surface area contributed by atoms with Gasteiger partial charge in [-0.05, 0) is 41.5 Å². The van der Waals surface area contributed by atoms with Crippen molar-refractivity contribution in [2.75, 3.05) is 46.2 Å². The van der Waals surface area contributed by atoms with Gasteiger partial charge in [-0.2, -0.15) is 0 Å². The van der Waals surface area contributed by atoms with Crippen LogP contribution in [0, 0.1) is 0 Å². The number of rotatable bonds is 4. The van der Waals surface area contributed by atoms with Gasteiger partial charge in [-0.15, -0.1) is 0 Å². The summed E-state index contributed by atoms with van der Waals surface area (Å²) in [6, 6.07) is 11.8. The number of amides is 1. The molecule has 1 amide bonds. The van der Waals surface area contributed by atoms with Gasteiger partial charge < -0.3 is 23.8 Å². The second-order valence-electron chi connectivity index (χ2n) is 7.88. The van der Waals surface area contributed by atoms with Gasteiger partial charge in [-0.1, -0.05) is 12.1 Å². The molecule has 2 aromatic rings. The molecular formula is C24H26N2O5. The van der Waals surface area contributed by atoms with Gasteiger partial charge in [0.2, 0.25) is 12.7 Å². The highest BCUT2D eigenvalue weighted by atomic mass is 16.7. The van der Waals surface area contributed by atoms with Crippen LogP contribution >= 0.6 is 0 Å². The molecule has 3 aliphatic rings. The van der Waals surface area contributed by atoms with Crippen molar-refractivity contribution in [3.05, 3.63) is 53.6 Å². The molecular weight excluding hydrogens is 396 g/mol.